The Morgan fingerprint density at radius 1 is 1.12 bits per heavy atom. The summed E-state index contributed by atoms with van der Waals surface area (Å²) in [4.78, 5) is 12.2. The molecule has 0 fully saturated rings. The third kappa shape index (κ3) is 4.39. The highest BCUT2D eigenvalue weighted by atomic mass is 32.2. The Kier molecular flexibility index (Phi) is 5.35. The van der Waals surface area contributed by atoms with E-state index in [0.29, 0.717) is 11.1 Å². The lowest BCUT2D eigenvalue weighted by Crippen LogP contribution is -2.22. The Morgan fingerprint density at radius 2 is 1.84 bits per heavy atom. The molecule has 2 aromatic carbocycles. The van der Waals surface area contributed by atoms with Crippen molar-refractivity contribution in [3.05, 3.63) is 54.6 Å². The van der Waals surface area contributed by atoms with Gasteiger partial charge in [0.05, 0.1) is 12.4 Å². The minimum atomic E-state index is -0.371. The van der Waals surface area contributed by atoms with Crippen LogP contribution in [0.5, 0.6) is 5.75 Å². The molecule has 0 spiro atoms. The zero-order valence-electron chi connectivity index (χ0n) is 13.8. The predicted molar refractivity (Wildman–Crippen MR) is 96.7 cm³/mol. The number of carbonyl (C=O) groups is 1. The lowest BCUT2D eigenvalue weighted by atomic mass is 10.2. The Balaban J connectivity index is 1.63. The summed E-state index contributed by atoms with van der Waals surface area (Å²) in [7, 11) is 1.61. The first-order valence-corrected chi connectivity index (χ1v) is 8.54. The van der Waals surface area contributed by atoms with Crippen LogP contribution in [0.2, 0.25) is 0 Å². The van der Waals surface area contributed by atoms with E-state index < -0.39 is 0 Å². The van der Waals surface area contributed by atoms with Crippen molar-refractivity contribution in [2.75, 3.05) is 12.4 Å². The van der Waals surface area contributed by atoms with Gasteiger partial charge in [0.2, 0.25) is 11.8 Å². The molecule has 0 bridgehead atoms. The number of para-hydroxylation sites is 1. The average Bonchev–Trinajstić information content (AvgIpc) is 3.11. The van der Waals surface area contributed by atoms with Crippen LogP contribution < -0.4 is 10.1 Å². The van der Waals surface area contributed by atoms with Gasteiger partial charge in [-0.1, -0.05) is 30.0 Å². The topological polar surface area (TPSA) is 77.2 Å². The third-order valence-electron chi connectivity index (χ3n) is 3.43. The molecule has 0 saturated heterocycles. The largest absolute Gasteiger partial charge is 0.497 e. The van der Waals surface area contributed by atoms with Crippen LogP contribution in [-0.4, -0.2) is 28.5 Å². The number of aromatic nitrogens is 2. The fourth-order valence-corrected chi connectivity index (χ4v) is 2.76. The molecule has 1 amide bonds. The van der Waals surface area contributed by atoms with E-state index in [1.807, 2.05) is 54.6 Å². The van der Waals surface area contributed by atoms with Crippen molar-refractivity contribution in [3.8, 4) is 17.2 Å². The van der Waals surface area contributed by atoms with Crippen LogP contribution in [0.4, 0.5) is 5.69 Å². The highest BCUT2D eigenvalue weighted by Crippen LogP contribution is 2.27. The van der Waals surface area contributed by atoms with Crippen molar-refractivity contribution in [3.63, 3.8) is 0 Å². The lowest BCUT2D eigenvalue weighted by Gasteiger charge is -2.09. The van der Waals surface area contributed by atoms with E-state index in [1.165, 1.54) is 11.8 Å². The summed E-state index contributed by atoms with van der Waals surface area (Å²) in [6.45, 7) is 1.79. The Labute approximate surface area is 149 Å². The van der Waals surface area contributed by atoms with Gasteiger partial charge in [-0.2, -0.15) is 0 Å². The number of rotatable bonds is 6. The van der Waals surface area contributed by atoms with Crippen LogP contribution >= 0.6 is 11.8 Å². The summed E-state index contributed by atoms with van der Waals surface area (Å²) in [5, 5.41) is 10.9. The number of nitrogens with zero attached hydrogens (tertiary/aromatic N) is 2. The van der Waals surface area contributed by atoms with Crippen LogP contribution in [0.1, 0.15) is 6.92 Å². The first-order valence-electron chi connectivity index (χ1n) is 7.66. The van der Waals surface area contributed by atoms with Gasteiger partial charge in [0.25, 0.3) is 5.22 Å². The van der Waals surface area contributed by atoms with Gasteiger partial charge < -0.3 is 14.5 Å². The summed E-state index contributed by atoms with van der Waals surface area (Å²) in [6, 6.07) is 16.6. The quantitative estimate of drug-likeness (QED) is 0.677. The van der Waals surface area contributed by atoms with E-state index in [0.717, 1.165) is 17.0 Å². The van der Waals surface area contributed by atoms with Gasteiger partial charge in [0, 0.05) is 11.3 Å². The first-order chi connectivity index (χ1) is 12.2. The molecule has 3 rings (SSSR count). The number of nitrogens with one attached hydrogen (secondary N) is 1. The van der Waals surface area contributed by atoms with Gasteiger partial charge in [0.1, 0.15) is 5.75 Å². The van der Waals surface area contributed by atoms with Gasteiger partial charge in [0.15, 0.2) is 0 Å². The summed E-state index contributed by atoms with van der Waals surface area (Å²) in [5.41, 5.74) is 1.55. The molecular weight excluding hydrogens is 338 g/mol. The van der Waals surface area contributed by atoms with Crippen LogP contribution in [0.25, 0.3) is 11.5 Å². The molecular formula is C18H17N3O3S. The fourth-order valence-electron chi connectivity index (χ4n) is 2.08. The van der Waals surface area contributed by atoms with Crippen LogP contribution in [0, 0.1) is 0 Å². The van der Waals surface area contributed by atoms with Crippen molar-refractivity contribution in [1.29, 1.82) is 0 Å². The van der Waals surface area contributed by atoms with Crippen molar-refractivity contribution >= 4 is 23.4 Å². The highest BCUT2D eigenvalue weighted by molar-refractivity contribution is 8.00. The van der Waals surface area contributed by atoms with E-state index in [2.05, 4.69) is 15.5 Å². The second-order valence-electron chi connectivity index (χ2n) is 5.22. The molecule has 0 radical (unpaired) electrons. The predicted octanol–water partition coefficient (Wildman–Crippen LogP) is 3.86. The Bertz CT molecular complexity index is 834. The van der Waals surface area contributed by atoms with Crippen LogP contribution in [-0.2, 0) is 4.79 Å². The van der Waals surface area contributed by atoms with E-state index in [4.69, 9.17) is 9.15 Å². The molecule has 0 aliphatic rings. The lowest BCUT2D eigenvalue weighted by molar-refractivity contribution is -0.115. The van der Waals surface area contributed by atoms with Gasteiger partial charge in [-0.15, -0.1) is 10.2 Å². The second kappa shape index (κ2) is 7.85. The van der Waals surface area contributed by atoms with E-state index >= 15 is 0 Å². The molecule has 1 heterocycles. The Morgan fingerprint density at radius 3 is 2.52 bits per heavy atom. The fraction of sp³-hybridized carbons (Fsp3) is 0.167. The third-order valence-corrected chi connectivity index (χ3v) is 4.37. The minimum Gasteiger partial charge on any atom is -0.497 e. The van der Waals surface area contributed by atoms with Crippen molar-refractivity contribution in [1.82, 2.24) is 10.2 Å². The summed E-state index contributed by atoms with van der Waals surface area (Å²) in [5.74, 6) is 1.03. The van der Waals surface area contributed by atoms with Gasteiger partial charge in [-0.3, -0.25) is 4.79 Å². The molecule has 0 aliphatic carbocycles. The number of benzene rings is 2. The van der Waals surface area contributed by atoms with Gasteiger partial charge in [-0.25, -0.2) is 0 Å². The molecule has 6 nitrogen and oxygen atoms in total. The van der Waals surface area contributed by atoms with Crippen LogP contribution in [0.15, 0.2) is 64.2 Å². The molecule has 3 aromatic rings. The SMILES string of the molecule is COc1ccc(-c2nnc(SC(C)C(=O)Nc3ccccc3)o2)cc1. The summed E-state index contributed by atoms with van der Waals surface area (Å²) >= 11 is 1.22. The molecule has 0 saturated carbocycles. The normalized spacial score (nSPS) is 11.8. The van der Waals surface area contributed by atoms with Crippen molar-refractivity contribution in [2.24, 2.45) is 0 Å². The maximum absolute atomic E-state index is 12.2. The highest BCUT2D eigenvalue weighted by Gasteiger charge is 2.19. The zero-order chi connectivity index (χ0) is 17.6. The zero-order valence-corrected chi connectivity index (χ0v) is 14.6. The molecule has 7 heteroatoms. The van der Waals surface area contributed by atoms with E-state index in [-0.39, 0.29) is 11.2 Å². The second-order valence-corrected chi connectivity index (χ2v) is 6.51. The van der Waals surface area contributed by atoms with Gasteiger partial charge >= 0.3 is 0 Å². The monoisotopic (exact) mass is 355 g/mol. The minimum absolute atomic E-state index is 0.125. The van der Waals surface area contributed by atoms with E-state index in [9.17, 15) is 4.79 Å². The molecule has 1 N–H and O–H groups in total. The maximum Gasteiger partial charge on any atom is 0.277 e. The first kappa shape index (κ1) is 17.0. The Hall–Kier alpha value is -2.80. The molecule has 25 heavy (non-hydrogen) atoms. The van der Waals surface area contributed by atoms with Crippen LogP contribution in [0.3, 0.4) is 0 Å². The maximum atomic E-state index is 12.2. The summed E-state index contributed by atoms with van der Waals surface area (Å²) in [6.07, 6.45) is 0. The van der Waals surface area contributed by atoms with Gasteiger partial charge in [-0.05, 0) is 43.3 Å². The molecule has 1 atom stereocenters. The smallest absolute Gasteiger partial charge is 0.277 e. The molecule has 1 aromatic heterocycles. The number of amides is 1. The standard InChI is InChI=1S/C18H17N3O3S/c1-12(16(22)19-14-6-4-3-5-7-14)25-18-21-20-17(24-18)13-8-10-15(23-2)11-9-13/h3-12H,1-2H3,(H,19,22). The number of carbonyl (C=O) groups excluding carboxylic acids is 1. The average molecular weight is 355 g/mol. The number of hydrogen-bond donors (Lipinski definition) is 1. The van der Waals surface area contributed by atoms with E-state index in [1.54, 1.807) is 14.0 Å². The number of methoxy groups -OCH3 is 1. The number of ether oxygens (including phenoxy) is 1. The number of anilines is 1. The number of thioether (sulfide) groups is 1. The van der Waals surface area contributed by atoms with Crippen molar-refractivity contribution < 1.29 is 13.9 Å². The van der Waals surface area contributed by atoms with Crippen molar-refractivity contribution in [2.45, 2.75) is 17.4 Å². The molecule has 0 aliphatic heterocycles. The number of hydrogen-bond acceptors (Lipinski definition) is 6. The molecule has 1 unspecified atom stereocenters. The molecule has 128 valence electrons. The summed E-state index contributed by atoms with van der Waals surface area (Å²) < 4.78 is 10.8.